The van der Waals surface area contributed by atoms with Crippen LogP contribution in [0.1, 0.15) is 68.4 Å². The van der Waals surface area contributed by atoms with Gasteiger partial charge in [-0.2, -0.15) is 8.42 Å². The van der Waals surface area contributed by atoms with Crippen LogP contribution >= 0.6 is 0 Å². The Morgan fingerprint density at radius 3 is 2.36 bits per heavy atom. The van der Waals surface area contributed by atoms with Crippen LogP contribution in [0.4, 0.5) is 0 Å². The molecule has 6 nitrogen and oxygen atoms in total. The van der Waals surface area contributed by atoms with E-state index in [0.29, 0.717) is 26.1 Å². The third-order valence-electron chi connectivity index (χ3n) is 8.38. The summed E-state index contributed by atoms with van der Waals surface area (Å²) >= 11 is 0. The molecule has 36 heavy (non-hydrogen) atoms. The second-order valence-corrected chi connectivity index (χ2v) is 12.1. The van der Waals surface area contributed by atoms with E-state index < -0.39 is 21.3 Å². The molecule has 0 unspecified atom stereocenters. The van der Waals surface area contributed by atoms with Crippen LogP contribution in [0.2, 0.25) is 0 Å². The number of ether oxygens (including phenoxy) is 2. The summed E-state index contributed by atoms with van der Waals surface area (Å²) in [5.41, 5.74) is 0.771. The summed E-state index contributed by atoms with van der Waals surface area (Å²) in [6.45, 7) is 3.28. The van der Waals surface area contributed by atoms with Gasteiger partial charge in [0, 0.05) is 19.1 Å². The van der Waals surface area contributed by atoms with Gasteiger partial charge in [-0.15, -0.1) is 0 Å². The number of carbonyl (C=O) groups is 1. The van der Waals surface area contributed by atoms with Crippen molar-refractivity contribution >= 4 is 15.9 Å². The van der Waals surface area contributed by atoms with E-state index in [2.05, 4.69) is 12.1 Å². The van der Waals surface area contributed by atoms with E-state index in [1.807, 2.05) is 25.1 Å². The fraction of sp³-hybridized carbons (Fsp3) is 0.552. The van der Waals surface area contributed by atoms with Crippen LogP contribution in [0.5, 0.6) is 0 Å². The first-order valence-corrected chi connectivity index (χ1v) is 14.6. The Labute approximate surface area is 214 Å². The average molecular weight is 513 g/mol. The lowest BCUT2D eigenvalue weighted by atomic mass is 9.60. The smallest absolute Gasteiger partial charge is 0.296 e. The quantitative estimate of drug-likeness (QED) is 0.351. The molecule has 0 amide bonds. The summed E-state index contributed by atoms with van der Waals surface area (Å²) in [5, 5.41) is 0. The maximum atomic E-state index is 14.2. The molecule has 2 spiro atoms. The van der Waals surface area contributed by atoms with Crippen molar-refractivity contribution in [1.82, 2.24) is 0 Å². The van der Waals surface area contributed by atoms with E-state index in [-0.39, 0.29) is 29.1 Å². The minimum absolute atomic E-state index is 0.0239. The van der Waals surface area contributed by atoms with Gasteiger partial charge in [0.15, 0.2) is 11.4 Å². The zero-order valence-corrected chi connectivity index (χ0v) is 21.8. The highest BCUT2D eigenvalue weighted by Crippen LogP contribution is 2.54. The Morgan fingerprint density at radius 2 is 1.69 bits per heavy atom. The Kier molecular flexibility index (Phi) is 7.37. The second kappa shape index (κ2) is 10.4. The Hall–Kier alpha value is -2.06. The first-order valence-electron chi connectivity index (χ1n) is 13.2. The normalized spacial score (nSPS) is 29.2. The summed E-state index contributed by atoms with van der Waals surface area (Å²) in [6.07, 6.45) is 6.23. The molecule has 3 fully saturated rings. The molecule has 0 aromatic heterocycles. The number of fused-ring (bicyclic) bond motifs is 1. The number of hydrogen-bond acceptors (Lipinski definition) is 6. The molecular formula is C29H36O6S. The molecule has 2 aromatic rings. The molecule has 0 bridgehead atoms. The van der Waals surface area contributed by atoms with Crippen molar-refractivity contribution in [3.8, 4) is 0 Å². The van der Waals surface area contributed by atoms with Crippen molar-refractivity contribution < 1.29 is 26.9 Å². The molecule has 5 rings (SSSR count). The van der Waals surface area contributed by atoms with Crippen LogP contribution in [-0.2, 0) is 28.6 Å². The van der Waals surface area contributed by atoms with Gasteiger partial charge >= 0.3 is 0 Å². The fourth-order valence-corrected chi connectivity index (χ4v) is 7.52. The van der Waals surface area contributed by atoms with Crippen molar-refractivity contribution in [2.75, 3.05) is 19.8 Å². The molecule has 3 aliphatic rings. The number of Topliss-reactive ketones (excluding diaryl/α,β-unsaturated/α-hetero) is 1. The molecular weight excluding hydrogens is 476 g/mol. The minimum Gasteiger partial charge on any atom is -0.371 e. The molecule has 2 saturated heterocycles. The van der Waals surface area contributed by atoms with Gasteiger partial charge in [-0.3, -0.25) is 8.98 Å². The van der Waals surface area contributed by atoms with E-state index in [1.165, 1.54) is 0 Å². The monoisotopic (exact) mass is 512 g/mol. The maximum Gasteiger partial charge on any atom is 0.296 e. The van der Waals surface area contributed by atoms with Gasteiger partial charge in [0.2, 0.25) is 0 Å². The highest BCUT2D eigenvalue weighted by molar-refractivity contribution is 7.86. The molecule has 7 heteroatoms. The van der Waals surface area contributed by atoms with Crippen molar-refractivity contribution in [2.45, 2.75) is 80.3 Å². The van der Waals surface area contributed by atoms with Crippen LogP contribution < -0.4 is 0 Å². The van der Waals surface area contributed by atoms with Crippen molar-refractivity contribution in [3.63, 3.8) is 0 Å². The van der Waals surface area contributed by atoms with Gasteiger partial charge in [0.05, 0.1) is 11.5 Å². The number of aryl methyl sites for hydroxylation is 1. The fourth-order valence-electron chi connectivity index (χ4n) is 6.58. The van der Waals surface area contributed by atoms with Gasteiger partial charge < -0.3 is 9.47 Å². The number of ketones is 1. The molecule has 4 atom stereocenters. The predicted molar refractivity (Wildman–Crippen MR) is 136 cm³/mol. The molecule has 2 aromatic carbocycles. The van der Waals surface area contributed by atoms with Gasteiger partial charge in [-0.1, -0.05) is 48.0 Å². The van der Waals surface area contributed by atoms with E-state index in [1.54, 1.807) is 24.3 Å². The first kappa shape index (κ1) is 25.6. The van der Waals surface area contributed by atoms with E-state index in [9.17, 15) is 13.2 Å². The molecule has 2 aliphatic heterocycles. The molecule has 194 valence electrons. The third kappa shape index (κ3) is 4.67. The SMILES string of the molecule is Cc1ccc(S(=O)(=O)OCCC[C@@H](c2ccccc2)[C@@H]2CC[C@@]3(CCCO3)[C@@]3(CCCO3)C2=O)cc1. The topological polar surface area (TPSA) is 78.9 Å². The van der Waals surface area contributed by atoms with E-state index in [0.717, 1.165) is 49.7 Å². The lowest BCUT2D eigenvalue weighted by Crippen LogP contribution is -2.64. The first-order chi connectivity index (χ1) is 17.4. The highest BCUT2D eigenvalue weighted by Gasteiger charge is 2.65. The minimum atomic E-state index is -3.81. The lowest BCUT2D eigenvalue weighted by Gasteiger charge is -2.50. The summed E-state index contributed by atoms with van der Waals surface area (Å²) in [4.78, 5) is 14.4. The lowest BCUT2D eigenvalue weighted by molar-refractivity contribution is -0.199. The maximum absolute atomic E-state index is 14.2. The number of carbonyl (C=O) groups excluding carboxylic acids is 1. The van der Waals surface area contributed by atoms with Crippen molar-refractivity contribution in [3.05, 3.63) is 65.7 Å². The highest BCUT2D eigenvalue weighted by atomic mass is 32.2. The Morgan fingerprint density at radius 1 is 0.972 bits per heavy atom. The Bertz CT molecular complexity index is 1150. The van der Waals surface area contributed by atoms with Gasteiger partial charge in [-0.05, 0) is 81.9 Å². The van der Waals surface area contributed by atoms with Crippen molar-refractivity contribution in [1.29, 1.82) is 0 Å². The summed E-state index contributed by atoms with van der Waals surface area (Å²) in [5.74, 6) is -0.0339. The second-order valence-electron chi connectivity index (χ2n) is 10.5. The van der Waals surface area contributed by atoms with Crippen LogP contribution in [0.15, 0.2) is 59.5 Å². The van der Waals surface area contributed by atoms with Gasteiger partial charge in [0.25, 0.3) is 10.1 Å². The van der Waals surface area contributed by atoms with Crippen LogP contribution in [-0.4, -0.2) is 45.2 Å². The predicted octanol–water partition coefficient (Wildman–Crippen LogP) is 5.34. The third-order valence-corrected chi connectivity index (χ3v) is 9.70. The van der Waals surface area contributed by atoms with Gasteiger partial charge in [0.1, 0.15) is 5.60 Å². The number of benzene rings is 2. The van der Waals surface area contributed by atoms with E-state index in [4.69, 9.17) is 13.7 Å². The Balaban J connectivity index is 1.32. The number of rotatable bonds is 8. The van der Waals surface area contributed by atoms with Crippen LogP contribution in [0, 0.1) is 12.8 Å². The summed E-state index contributed by atoms with van der Waals surface area (Å²) in [7, 11) is -3.81. The summed E-state index contributed by atoms with van der Waals surface area (Å²) in [6, 6.07) is 16.8. The molecule has 1 aliphatic carbocycles. The van der Waals surface area contributed by atoms with Crippen molar-refractivity contribution in [2.24, 2.45) is 5.92 Å². The van der Waals surface area contributed by atoms with Crippen LogP contribution in [0.25, 0.3) is 0 Å². The van der Waals surface area contributed by atoms with E-state index >= 15 is 0 Å². The molecule has 0 radical (unpaired) electrons. The standard InChI is InChI=1S/C29H36O6S/c1-22-11-13-24(14-12-22)36(31,32)35-21-5-10-25(23-8-3-2-4-9-23)26-15-18-28(16-6-19-33-28)29(27(26)30)17-7-20-34-29/h2-4,8-9,11-14,25-26H,5-7,10,15-21H2,1H3/t25-,26-,28-,29+/m0/s1. The molecule has 1 saturated carbocycles. The molecule has 0 N–H and O–H groups in total. The summed E-state index contributed by atoms with van der Waals surface area (Å²) < 4.78 is 43.2. The zero-order chi connectivity index (χ0) is 25.2. The number of hydrogen-bond donors (Lipinski definition) is 0. The zero-order valence-electron chi connectivity index (χ0n) is 21.0. The average Bonchev–Trinajstić information content (AvgIpc) is 3.56. The van der Waals surface area contributed by atoms with Crippen LogP contribution in [0.3, 0.4) is 0 Å². The largest absolute Gasteiger partial charge is 0.371 e. The molecule has 2 heterocycles. The van der Waals surface area contributed by atoms with Gasteiger partial charge in [-0.25, -0.2) is 0 Å².